The molecule has 0 atom stereocenters. The van der Waals surface area contributed by atoms with Crippen molar-refractivity contribution < 1.29 is 14.3 Å². The summed E-state index contributed by atoms with van der Waals surface area (Å²) < 4.78 is 5.00. The molecule has 1 aromatic heterocycles. The smallest absolute Gasteiger partial charge is 0.409 e. The highest BCUT2D eigenvalue weighted by atomic mass is 16.6. The summed E-state index contributed by atoms with van der Waals surface area (Å²) in [5, 5.41) is 5.90. The number of ether oxygens (including phenoxy) is 1. The van der Waals surface area contributed by atoms with Crippen LogP contribution >= 0.6 is 0 Å². The third-order valence-corrected chi connectivity index (χ3v) is 3.68. The summed E-state index contributed by atoms with van der Waals surface area (Å²) in [6, 6.07) is 0.191. The van der Waals surface area contributed by atoms with Crippen LogP contribution in [0.5, 0.6) is 0 Å². The molecule has 2 heterocycles. The zero-order valence-electron chi connectivity index (χ0n) is 13.8. The summed E-state index contributed by atoms with van der Waals surface area (Å²) in [5.41, 5.74) is 0.402. The number of carbonyl (C=O) groups is 2. The van der Waals surface area contributed by atoms with Crippen molar-refractivity contribution >= 4 is 17.9 Å². The zero-order chi connectivity index (χ0) is 17.4. The number of hydrogen-bond donors (Lipinski definition) is 2. The molecule has 0 saturated carbocycles. The third-order valence-electron chi connectivity index (χ3n) is 3.68. The molecule has 0 spiro atoms. The van der Waals surface area contributed by atoms with Crippen molar-refractivity contribution in [3.8, 4) is 0 Å². The van der Waals surface area contributed by atoms with Gasteiger partial charge in [-0.2, -0.15) is 0 Å². The van der Waals surface area contributed by atoms with E-state index in [0.29, 0.717) is 37.8 Å². The van der Waals surface area contributed by atoms with Gasteiger partial charge in [-0.05, 0) is 19.8 Å². The van der Waals surface area contributed by atoms with Crippen LogP contribution in [0, 0.1) is 0 Å². The fraction of sp³-hybridized carbons (Fsp3) is 0.500. The van der Waals surface area contributed by atoms with E-state index in [0.717, 1.165) is 12.8 Å². The summed E-state index contributed by atoms with van der Waals surface area (Å²) in [5.74, 6) is 0.244. The lowest BCUT2D eigenvalue weighted by Gasteiger charge is -2.31. The number of aromatic nitrogens is 2. The first-order valence-corrected chi connectivity index (χ1v) is 8.03. The molecule has 8 nitrogen and oxygen atoms in total. The number of amides is 2. The Morgan fingerprint density at radius 2 is 2.04 bits per heavy atom. The monoisotopic (exact) mass is 333 g/mol. The minimum atomic E-state index is -0.262. The first-order chi connectivity index (χ1) is 11.6. The molecule has 0 unspecified atom stereocenters. The van der Waals surface area contributed by atoms with Gasteiger partial charge in [-0.15, -0.1) is 6.58 Å². The molecule has 2 rings (SSSR count). The van der Waals surface area contributed by atoms with Gasteiger partial charge in [0.15, 0.2) is 0 Å². The van der Waals surface area contributed by atoms with Crippen LogP contribution in [0.1, 0.15) is 30.1 Å². The van der Waals surface area contributed by atoms with E-state index >= 15 is 0 Å². The van der Waals surface area contributed by atoms with Gasteiger partial charge in [-0.25, -0.2) is 14.8 Å². The van der Waals surface area contributed by atoms with Crippen LogP contribution in [-0.2, 0) is 4.74 Å². The quantitative estimate of drug-likeness (QED) is 0.765. The number of hydrogen-bond acceptors (Lipinski definition) is 6. The number of anilines is 1. The summed E-state index contributed by atoms with van der Waals surface area (Å²) >= 11 is 0. The Morgan fingerprint density at radius 1 is 1.38 bits per heavy atom. The maximum atomic E-state index is 11.7. The zero-order valence-corrected chi connectivity index (χ0v) is 13.8. The number of nitrogens with one attached hydrogen (secondary N) is 2. The molecule has 1 aliphatic heterocycles. The molecule has 1 aromatic rings. The van der Waals surface area contributed by atoms with Gasteiger partial charge in [-0.3, -0.25) is 4.79 Å². The topological polar surface area (TPSA) is 96.5 Å². The van der Waals surface area contributed by atoms with E-state index in [9.17, 15) is 9.59 Å². The molecular weight excluding hydrogens is 310 g/mol. The lowest BCUT2D eigenvalue weighted by molar-refractivity contribution is 0.0955. The minimum absolute atomic E-state index is 0.191. The van der Waals surface area contributed by atoms with Crippen LogP contribution in [0.3, 0.4) is 0 Å². The van der Waals surface area contributed by atoms with Gasteiger partial charge in [0.25, 0.3) is 5.91 Å². The van der Waals surface area contributed by atoms with Crippen LogP contribution in [0.4, 0.5) is 10.7 Å². The van der Waals surface area contributed by atoms with Crippen LogP contribution < -0.4 is 10.6 Å². The number of rotatable bonds is 6. The van der Waals surface area contributed by atoms with E-state index in [2.05, 4.69) is 27.2 Å². The predicted molar refractivity (Wildman–Crippen MR) is 89.8 cm³/mol. The fourth-order valence-electron chi connectivity index (χ4n) is 2.39. The van der Waals surface area contributed by atoms with Gasteiger partial charge in [-0.1, -0.05) is 6.08 Å². The molecule has 1 fully saturated rings. The van der Waals surface area contributed by atoms with Crippen LogP contribution in [0.15, 0.2) is 25.0 Å². The van der Waals surface area contributed by atoms with Crippen LogP contribution in [0.2, 0.25) is 0 Å². The number of carbonyl (C=O) groups excluding carboxylic acids is 2. The predicted octanol–water partition coefficient (Wildman–Crippen LogP) is 1.43. The molecule has 0 aromatic carbocycles. The maximum absolute atomic E-state index is 11.7. The molecule has 24 heavy (non-hydrogen) atoms. The highest BCUT2D eigenvalue weighted by Gasteiger charge is 2.23. The average Bonchev–Trinajstić information content (AvgIpc) is 2.61. The first kappa shape index (κ1) is 17.7. The van der Waals surface area contributed by atoms with E-state index in [1.165, 1.54) is 12.4 Å². The summed E-state index contributed by atoms with van der Waals surface area (Å²) in [4.78, 5) is 33.5. The second kappa shape index (κ2) is 8.85. The Hall–Kier alpha value is -2.64. The lowest BCUT2D eigenvalue weighted by atomic mass is 10.1. The third kappa shape index (κ3) is 4.94. The fourth-order valence-corrected chi connectivity index (χ4v) is 2.39. The molecule has 130 valence electrons. The molecule has 0 bridgehead atoms. The summed E-state index contributed by atoms with van der Waals surface area (Å²) in [6.07, 6.45) is 5.91. The van der Waals surface area contributed by atoms with Crippen molar-refractivity contribution in [3.05, 3.63) is 30.6 Å². The van der Waals surface area contributed by atoms with E-state index in [1.807, 2.05) is 0 Å². The molecule has 2 N–H and O–H groups in total. The summed E-state index contributed by atoms with van der Waals surface area (Å²) in [7, 11) is 0. The van der Waals surface area contributed by atoms with Crippen LogP contribution in [0.25, 0.3) is 0 Å². The number of piperidine rings is 1. The number of likely N-dealkylation sites (tertiary alicyclic amines) is 1. The van der Waals surface area contributed by atoms with Crippen molar-refractivity contribution in [2.24, 2.45) is 0 Å². The van der Waals surface area contributed by atoms with Gasteiger partial charge in [0.2, 0.25) is 5.95 Å². The van der Waals surface area contributed by atoms with Crippen LogP contribution in [-0.4, -0.2) is 59.2 Å². The van der Waals surface area contributed by atoms with Crippen molar-refractivity contribution in [3.63, 3.8) is 0 Å². The second-order valence-corrected chi connectivity index (χ2v) is 5.40. The lowest BCUT2D eigenvalue weighted by Crippen LogP contribution is -2.42. The van der Waals surface area contributed by atoms with Gasteiger partial charge in [0.05, 0.1) is 12.2 Å². The first-order valence-electron chi connectivity index (χ1n) is 8.03. The van der Waals surface area contributed by atoms with Crippen molar-refractivity contribution in [1.29, 1.82) is 0 Å². The van der Waals surface area contributed by atoms with Crippen molar-refractivity contribution in [2.75, 3.05) is 31.6 Å². The van der Waals surface area contributed by atoms with Gasteiger partial charge in [0.1, 0.15) is 0 Å². The summed E-state index contributed by atoms with van der Waals surface area (Å²) in [6.45, 7) is 7.40. The van der Waals surface area contributed by atoms with Gasteiger partial charge >= 0.3 is 6.09 Å². The normalized spacial score (nSPS) is 14.8. The van der Waals surface area contributed by atoms with E-state index < -0.39 is 0 Å². The van der Waals surface area contributed by atoms with Gasteiger partial charge < -0.3 is 20.3 Å². The Bertz CT molecular complexity index is 568. The molecule has 1 aliphatic rings. The maximum Gasteiger partial charge on any atom is 0.409 e. The Labute approximate surface area is 141 Å². The molecular formula is C16H23N5O3. The average molecular weight is 333 g/mol. The Morgan fingerprint density at radius 3 is 2.62 bits per heavy atom. The van der Waals surface area contributed by atoms with E-state index in [4.69, 9.17) is 4.74 Å². The molecule has 1 saturated heterocycles. The van der Waals surface area contributed by atoms with Crippen molar-refractivity contribution in [1.82, 2.24) is 20.2 Å². The largest absolute Gasteiger partial charge is 0.450 e. The molecule has 8 heteroatoms. The minimum Gasteiger partial charge on any atom is -0.450 e. The highest BCUT2D eigenvalue weighted by molar-refractivity contribution is 5.93. The highest BCUT2D eigenvalue weighted by Crippen LogP contribution is 2.15. The standard InChI is InChI=1S/C16H23N5O3/c1-3-7-17-14(22)12-10-18-15(19-11-12)20-13-5-8-21(9-6-13)16(23)24-4-2/h3,10-11,13H,1,4-9H2,2H3,(H,17,22)(H,18,19,20). The van der Waals surface area contributed by atoms with E-state index in [1.54, 1.807) is 17.9 Å². The SMILES string of the molecule is C=CCNC(=O)c1cnc(NC2CCN(C(=O)OCC)CC2)nc1. The number of nitrogens with zero attached hydrogens (tertiary/aromatic N) is 3. The Kier molecular flexibility index (Phi) is 6.53. The molecule has 0 radical (unpaired) electrons. The second-order valence-electron chi connectivity index (χ2n) is 5.40. The van der Waals surface area contributed by atoms with Gasteiger partial charge in [0, 0.05) is 38.1 Å². The Balaban J connectivity index is 1.81. The molecule has 2 amide bonds. The van der Waals surface area contributed by atoms with Crippen molar-refractivity contribution in [2.45, 2.75) is 25.8 Å². The molecule has 0 aliphatic carbocycles. The van der Waals surface area contributed by atoms with E-state index in [-0.39, 0.29) is 18.0 Å².